The molecule has 1 aliphatic rings. The van der Waals surface area contributed by atoms with Crippen LogP contribution in [0.1, 0.15) is 13.3 Å². The van der Waals surface area contributed by atoms with E-state index in [0.717, 1.165) is 26.1 Å². The van der Waals surface area contributed by atoms with Crippen LogP contribution in [0, 0.1) is 5.92 Å². The highest BCUT2D eigenvalue weighted by Crippen LogP contribution is 2.16. The quantitative estimate of drug-likeness (QED) is 0.475. The molecule has 4 heteroatoms. The molecular weight excluding hydrogens is 158 g/mol. The second-order valence-corrected chi connectivity index (χ2v) is 2.97. The molecule has 0 spiro atoms. The monoisotopic (exact) mass is 173 g/mol. The van der Waals surface area contributed by atoms with E-state index >= 15 is 0 Å². The third kappa shape index (κ3) is 2.19. The highest BCUT2D eigenvalue weighted by atomic mass is 16.6. The van der Waals surface area contributed by atoms with E-state index < -0.39 is 6.79 Å². The maximum atomic E-state index is 11.1. The van der Waals surface area contributed by atoms with Crippen molar-refractivity contribution in [2.24, 2.45) is 5.92 Å². The van der Waals surface area contributed by atoms with Crippen molar-refractivity contribution < 1.29 is 14.6 Å². The van der Waals surface area contributed by atoms with Crippen LogP contribution in [0.4, 0.5) is 0 Å². The minimum absolute atomic E-state index is 0.0305. The van der Waals surface area contributed by atoms with Gasteiger partial charge in [-0.25, -0.2) is 0 Å². The van der Waals surface area contributed by atoms with Gasteiger partial charge in [-0.05, 0) is 19.5 Å². The minimum atomic E-state index is -0.499. The van der Waals surface area contributed by atoms with Crippen molar-refractivity contribution in [2.75, 3.05) is 26.4 Å². The topological polar surface area (TPSA) is 49.8 Å². The fourth-order valence-electron chi connectivity index (χ4n) is 1.49. The van der Waals surface area contributed by atoms with Crippen LogP contribution in [-0.4, -0.2) is 42.4 Å². The van der Waals surface area contributed by atoms with Gasteiger partial charge in [-0.2, -0.15) is 0 Å². The van der Waals surface area contributed by atoms with Crippen LogP contribution in [-0.2, 0) is 9.53 Å². The number of rotatable bonds is 3. The Labute approximate surface area is 72.1 Å². The standard InChI is InChI=1S/C8H15NO3/c1-2-9-4-3-7(5-9)8(11)12-6-10/h7,10H,2-6H2,1H3. The number of ether oxygens (including phenoxy) is 1. The molecule has 0 aromatic carbocycles. The Morgan fingerprint density at radius 1 is 1.75 bits per heavy atom. The van der Waals surface area contributed by atoms with Crippen LogP contribution >= 0.6 is 0 Å². The fraction of sp³-hybridized carbons (Fsp3) is 0.875. The highest BCUT2D eigenvalue weighted by Gasteiger charge is 2.28. The number of hydrogen-bond acceptors (Lipinski definition) is 4. The Kier molecular flexibility index (Phi) is 3.49. The Morgan fingerprint density at radius 3 is 3.00 bits per heavy atom. The molecule has 4 nitrogen and oxygen atoms in total. The van der Waals surface area contributed by atoms with Gasteiger partial charge in [0.25, 0.3) is 0 Å². The lowest BCUT2D eigenvalue weighted by molar-refractivity contribution is -0.156. The van der Waals surface area contributed by atoms with Crippen LogP contribution in [0.5, 0.6) is 0 Å². The number of hydrogen-bond donors (Lipinski definition) is 1. The third-order valence-electron chi connectivity index (χ3n) is 2.26. The van der Waals surface area contributed by atoms with Gasteiger partial charge >= 0.3 is 5.97 Å². The molecule has 1 heterocycles. The highest BCUT2D eigenvalue weighted by molar-refractivity contribution is 5.72. The first-order chi connectivity index (χ1) is 5.77. The smallest absolute Gasteiger partial charge is 0.312 e. The van der Waals surface area contributed by atoms with Gasteiger partial charge in [-0.1, -0.05) is 6.92 Å². The minimum Gasteiger partial charge on any atom is -0.438 e. The predicted molar refractivity (Wildman–Crippen MR) is 43.4 cm³/mol. The maximum Gasteiger partial charge on any atom is 0.312 e. The van der Waals surface area contributed by atoms with E-state index in [-0.39, 0.29) is 11.9 Å². The summed E-state index contributed by atoms with van der Waals surface area (Å²) in [6.45, 7) is 4.28. The summed E-state index contributed by atoms with van der Waals surface area (Å²) in [6.07, 6.45) is 0.854. The molecule has 0 bridgehead atoms. The number of aliphatic hydroxyl groups excluding tert-OH is 1. The number of carbonyl (C=O) groups excluding carboxylic acids is 1. The molecule has 1 fully saturated rings. The van der Waals surface area contributed by atoms with E-state index in [4.69, 9.17) is 5.11 Å². The molecule has 1 saturated heterocycles. The van der Waals surface area contributed by atoms with Gasteiger partial charge < -0.3 is 14.7 Å². The second kappa shape index (κ2) is 4.42. The van der Waals surface area contributed by atoms with Gasteiger partial charge in [0.15, 0.2) is 6.79 Å². The lowest BCUT2D eigenvalue weighted by atomic mass is 10.1. The Morgan fingerprint density at radius 2 is 2.50 bits per heavy atom. The van der Waals surface area contributed by atoms with Crippen LogP contribution < -0.4 is 0 Å². The van der Waals surface area contributed by atoms with Crippen LogP contribution in [0.2, 0.25) is 0 Å². The van der Waals surface area contributed by atoms with Crippen molar-refractivity contribution in [2.45, 2.75) is 13.3 Å². The van der Waals surface area contributed by atoms with E-state index in [1.54, 1.807) is 0 Å². The van der Waals surface area contributed by atoms with Crippen LogP contribution in [0.3, 0.4) is 0 Å². The van der Waals surface area contributed by atoms with Crippen molar-refractivity contribution in [1.82, 2.24) is 4.90 Å². The van der Waals surface area contributed by atoms with Gasteiger partial charge in [0, 0.05) is 6.54 Å². The summed E-state index contributed by atoms with van der Waals surface area (Å²) in [7, 11) is 0. The first kappa shape index (κ1) is 9.48. The molecule has 12 heavy (non-hydrogen) atoms. The summed E-state index contributed by atoms with van der Waals surface area (Å²) < 4.78 is 4.51. The fourth-order valence-corrected chi connectivity index (χ4v) is 1.49. The first-order valence-electron chi connectivity index (χ1n) is 4.27. The summed E-state index contributed by atoms with van der Waals surface area (Å²) in [4.78, 5) is 13.3. The zero-order valence-electron chi connectivity index (χ0n) is 7.32. The van der Waals surface area contributed by atoms with E-state index in [1.807, 2.05) is 0 Å². The van der Waals surface area contributed by atoms with Gasteiger partial charge in [0.1, 0.15) is 0 Å². The number of carbonyl (C=O) groups is 1. The SMILES string of the molecule is CCN1CCC(C(=O)OCO)C1. The lowest BCUT2D eigenvalue weighted by Gasteiger charge is -2.11. The molecule has 1 atom stereocenters. The van der Waals surface area contributed by atoms with Gasteiger partial charge in [-0.15, -0.1) is 0 Å². The zero-order valence-corrected chi connectivity index (χ0v) is 7.32. The van der Waals surface area contributed by atoms with Crippen molar-refractivity contribution >= 4 is 5.97 Å². The lowest BCUT2D eigenvalue weighted by Crippen LogP contribution is -2.24. The summed E-state index contributed by atoms with van der Waals surface area (Å²) in [6, 6.07) is 0. The normalized spacial score (nSPS) is 24.3. The Bertz CT molecular complexity index is 160. The summed E-state index contributed by atoms with van der Waals surface area (Å²) in [5.41, 5.74) is 0. The molecule has 1 rings (SSSR count). The molecule has 0 aromatic rings. The first-order valence-corrected chi connectivity index (χ1v) is 4.27. The average molecular weight is 173 g/mol. The van der Waals surface area contributed by atoms with Crippen molar-refractivity contribution in [1.29, 1.82) is 0 Å². The second-order valence-electron chi connectivity index (χ2n) is 2.97. The number of esters is 1. The van der Waals surface area contributed by atoms with E-state index in [0.29, 0.717) is 0 Å². The van der Waals surface area contributed by atoms with E-state index in [2.05, 4.69) is 16.6 Å². The average Bonchev–Trinajstić information content (AvgIpc) is 2.52. The molecule has 0 amide bonds. The van der Waals surface area contributed by atoms with Gasteiger partial charge in [0.05, 0.1) is 5.92 Å². The largest absolute Gasteiger partial charge is 0.438 e. The zero-order chi connectivity index (χ0) is 8.97. The molecule has 0 radical (unpaired) electrons. The predicted octanol–water partition coefficient (Wildman–Crippen LogP) is -0.179. The molecule has 0 aromatic heterocycles. The van der Waals surface area contributed by atoms with Crippen LogP contribution in [0.15, 0.2) is 0 Å². The molecule has 70 valence electrons. The van der Waals surface area contributed by atoms with E-state index in [9.17, 15) is 4.79 Å². The maximum absolute atomic E-state index is 11.1. The molecule has 0 aliphatic carbocycles. The molecule has 1 N–H and O–H groups in total. The number of likely N-dealkylation sites (tertiary alicyclic amines) is 1. The summed E-state index contributed by atoms with van der Waals surface area (Å²) in [5, 5.41) is 8.36. The van der Waals surface area contributed by atoms with Gasteiger partial charge in [0.2, 0.25) is 0 Å². The molecule has 0 saturated carbocycles. The Hall–Kier alpha value is -0.610. The van der Waals surface area contributed by atoms with Crippen LogP contribution in [0.25, 0.3) is 0 Å². The molecule has 1 aliphatic heterocycles. The number of nitrogens with zero attached hydrogens (tertiary/aromatic N) is 1. The summed E-state index contributed by atoms with van der Waals surface area (Å²) >= 11 is 0. The third-order valence-corrected chi connectivity index (χ3v) is 2.26. The van der Waals surface area contributed by atoms with Crippen molar-refractivity contribution in [3.63, 3.8) is 0 Å². The van der Waals surface area contributed by atoms with Gasteiger partial charge in [-0.3, -0.25) is 4.79 Å². The molecular formula is C8H15NO3. The van der Waals surface area contributed by atoms with Crippen molar-refractivity contribution in [3.8, 4) is 0 Å². The van der Waals surface area contributed by atoms with E-state index in [1.165, 1.54) is 0 Å². The van der Waals surface area contributed by atoms with Crippen molar-refractivity contribution in [3.05, 3.63) is 0 Å². The summed E-state index contributed by atoms with van der Waals surface area (Å²) in [5.74, 6) is -0.300. The Balaban J connectivity index is 2.31. The number of aliphatic hydroxyl groups is 1. The molecule has 1 unspecified atom stereocenters.